The number of halogens is 2. The molecule has 8 heteroatoms. The fraction of sp³-hybridized carbons (Fsp3) is 0.357. The predicted octanol–water partition coefficient (Wildman–Crippen LogP) is 1.26. The number of carbonyl (C=O) groups excluding carboxylic acids is 1. The molecule has 0 spiro atoms. The van der Waals surface area contributed by atoms with Crippen LogP contribution in [0.4, 0.5) is 4.39 Å². The minimum atomic E-state index is -0.323. The van der Waals surface area contributed by atoms with Crippen molar-refractivity contribution in [3.8, 4) is 5.69 Å². The van der Waals surface area contributed by atoms with Gasteiger partial charge in [0.15, 0.2) is 5.69 Å². The molecule has 0 aliphatic carbocycles. The van der Waals surface area contributed by atoms with Crippen molar-refractivity contribution in [2.45, 2.75) is 12.5 Å². The molecule has 1 aromatic heterocycles. The molecule has 1 amide bonds. The van der Waals surface area contributed by atoms with Crippen molar-refractivity contribution in [3.05, 3.63) is 42.0 Å². The van der Waals surface area contributed by atoms with Gasteiger partial charge in [0.25, 0.3) is 5.91 Å². The molecule has 22 heavy (non-hydrogen) atoms. The summed E-state index contributed by atoms with van der Waals surface area (Å²) in [6, 6.07) is 5.98. The van der Waals surface area contributed by atoms with Crippen molar-refractivity contribution in [1.29, 1.82) is 0 Å². The van der Waals surface area contributed by atoms with Gasteiger partial charge in [-0.25, -0.2) is 4.39 Å². The highest BCUT2D eigenvalue weighted by molar-refractivity contribution is 5.92. The summed E-state index contributed by atoms with van der Waals surface area (Å²) < 4.78 is 12.9. The number of aromatic nitrogens is 3. The topological polar surface area (TPSA) is 63.1 Å². The summed E-state index contributed by atoms with van der Waals surface area (Å²) in [5.74, 6) is -0.479. The van der Waals surface area contributed by atoms with Gasteiger partial charge in [0.2, 0.25) is 0 Å². The molecule has 1 N–H and O–H groups in total. The van der Waals surface area contributed by atoms with Gasteiger partial charge in [-0.3, -0.25) is 4.79 Å². The Balaban J connectivity index is 0.00000176. The van der Waals surface area contributed by atoms with E-state index in [0.29, 0.717) is 5.69 Å². The number of likely N-dealkylation sites (N-methyl/N-ethyl adjacent to an activating group) is 1. The van der Waals surface area contributed by atoms with Gasteiger partial charge in [0, 0.05) is 19.6 Å². The zero-order valence-electron chi connectivity index (χ0n) is 12.1. The first-order chi connectivity index (χ1) is 10.1. The van der Waals surface area contributed by atoms with Crippen LogP contribution < -0.4 is 5.32 Å². The van der Waals surface area contributed by atoms with Crippen molar-refractivity contribution in [3.63, 3.8) is 0 Å². The molecule has 1 fully saturated rings. The molecule has 1 saturated heterocycles. The van der Waals surface area contributed by atoms with Crippen LogP contribution >= 0.6 is 12.4 Å². The van der Waals surface area contributed by atoms with E-state index in [0.717, 1.165) is 19.5 Å². The van der Waals surface area contributed by atoms with Crippen LogP contribution in [0.25, 0.3) is 5.69 Å². The minimum Gasteiger partial charge on any atom is -0.336 e. The minimum absolute atomic E-state index is 0. The van der Waals surface area contributed by atoms with Crippen LogP contribution in [-0.2, 0) is 0 Å². The van der Waals surface area contributed by atoms with Gasteiger partial charge in [-0.1, -0.05) is 0 Å². The molecule has 2 heterocycles. The van der Waals surface area contributed by atoms with Crippen LogP contribution in [0.2, 0.25) is 0 Å². The largest absolute Gasteiger partial charge is 0.336 e. The average Bonchev–Trinajstić information content (AvgIpc) is 3.18. The van der Waals surface area contributed by atoms with Gasteiger partial charge in [0.1, 0.15) is 5.82 Å². The van der Waals surface area contributed by atoms with E-state index in [1.807, 2.05) is 0 Å². The highest BCUT2D eigenvalue weighted by atomic mass is 35.5. The maximum atomic E-state index is 12.9. The zero-order chi connectivity index (χ0) is 14.8. The first kappa shape index (κ1) is 16.4. The third-order valence-electron chi connectivity index (χ3n) is 3.67. The quantitative estimate of drug-likeness (QED) is 0.923. The molecule has 1 aromatic carbocycles. The smallest absolute Gasteiger partial charge is 0.276 e. The van der Waals surface area contributed by atoms with Gasteiger partial charge in [0.05, 0.1) is 11.9 Å². The highest BCUT2D eigenvalue weighted by Crippen LogP contribution is 2.11. The lowest BCUT2D eigenvalue weighted by molar-refractivity contribution is 0.0737. The van der Waals surface area contributed by atoms with Crippen LogP contribution in [0.5, 0.6) is 0 Å². The van der Waals surface area contributed by atoms with Crippen molar-refractivity contribution >= 4 is 18.3 Å². The van der Waals surface area contributed by atoms with Crippen molar-refractivity contribution < 1.29 is 9.18 Å². The Bertz CT molecular complexity index is 639. The van der Waals surface area contributed by atoms with Gasteiger partial charge in [-0.05, 0) is 37.2 Å². The molecule has 3 rings (SSSR count). The summed E-state index contributed by atoms with van der Waals surface area (Å²) in [6.07, 6.45) is 2.37. The Morgan fingerprint density at radius 3 is 2.77 bits per heavy atom. The molecular formula is C14H17ClFN5O. The molecule has 1 atom stereocenters. The number of benzene rings is 1. The second-order valence-electron chi connectivity index (χ2n) is 5.06. The van der Waals surface area contributed by atoms with Gasteiger partial charge in [-0.2, -0.15) is 9.90 Å². The summed E-state index contributed by atoms with van der Waals surface area (Å²) >= 11 is 0. The molecule has 118 valence electrons. The molecular weight excluding hydrogens is 309 g/mol. The number of hydrogen-bond donors (Lipinski definition) is 1. The molecule has 1 unspecified atom stereocenters. The summed E-state index contributed by atoms with van der Waals surface area (Å²) in [5.41, 5.74) is 0.898. The van der Waals surface area contributed by atoms with Crippen molar-refractivity contribution in [2.24, 2.45) is 0 Å². The molecule has 2 aromatic rings. The summed E-state index contributed by atoms with van der Waals surface area (Å²) in [4.78, 5) is 15.4. The van der Waals surface area contributed by atoms with E-state index in [-0.39, 0.29) is 35.9 Å². The lowest BCUT2D eigenvalue weighted by atomic mass is 10.2. The standard InChI is InChI=1S/C14H16FN5O.ClH/c1-19(12-6-7-16-8-12)14(21)13-9-17-20(18-13)11-4-2-10(15)3-5-11;/h2-5,9,12,16H,6-8H2,1H3;1H. The number of amides is 1. The van der Waals surface area contributed by atoms with E-state index in [1.165, 1.54) is 23.1 Å². The zero-order valence-corrected chi connectivity index (χ0v) is 12.9. The van der Waals surface area contributed by atoms with Crippen LogP contribution in [0.1, 0.15) is 16.9 Å². The average molecular weight is 326 g/mol. The first-order valence-electron chi connectivity index (χ1n) is 6.81. The maximum Gasteiger partial charge on any atom is 0.276 e. The Morgan fingerprint density at radius 2 is 2.14 bits per heavy atom. The van der Waals surface area contributed by atoms with Crippen molar-refractivity contribution in [1.82, 2.24) is 25.2 Å². The second kappa shape index (κ2) is 6.85. The first-order valence-corrected chi connectivity index (χ1v) is 6.81. The number of rotatable bonds is 3. The normalized spacial score (nSPS) is 17.1. The molecule has 0 bridgehead atoms. The molecule has 6 nitrogen and oxygen atoms in total. The number of carbonyl (C=O) groups is 1. The van der Waals surface area contributed by atoms with Crippen molar-refractivity contribution in [2.75, 3.05) is 20.1 Å². The number of hydrogen-bond acceptors (Lipinski definition) is 4. The lowest BCUT2D eigenvalue weighted by Crippen LogP contribution is -2.38. The van der Waals surface area contributed by atoms with Crippen LogP contribution in [0.15, 0.2) is 30.5 Å². The Kier molecular flexibility index (Phi) is 5.10. The van der Waals surface area contributed by atoms with E-state index in [2.05, 4.69) is 15.5 Å². The van der Waals surface area contributed by atoms with Gasteiger partial charge in [-0.15, -0.1) is 17.5 Å². The lowest BCUT2D eigenvalue weighted by Gasteiger charge is -2.22. The SMILES string of the molecule is CN(C(=O)c1cnn(-c2ccc(F)cc2)n1)C1CCNC1.Cl. The summed E-state index contributed by atoms with van der Waals surface area (Å²) in [7, 11) is 1.77. The Hall–Kier alpha value is -1.99. The maximum absolute atomic E-state index is 12.9. The Labute approximate surface area is 133 Å². The number of nitrogens with one attached hydrogen (secondary N) is 1. The van der Waals surface area contributed by atoms with E-state index in [1.54, 1.807) is 24.1 Å². The van der Waals surface area contributed by atoms with E-state index >= 15 is 0 Å². The third kappa shape index (κ3) is 3.26. The fourth-order valence-corrected chi connectivity index (χ4v) is 2.38. The fourth-order valence-electron chi connectivity index (χ4n) is 2.38. The second-order valence-corrected chi connectivity index (χ2v) is 5.06. The van der Waals surface area contributed by atoms with Crippen LogP contribution in [-0.4, -0.2) is 52.0 Å². The van der Waals surface area contributed by atoms with E-state index in [4.69, 9.17) is 0 Å². The van der Waals surface area contributed by atoms with E-state index < -0.39 is 0 Å². The number of nitrogens with zero attached hydrogens (tertiary/aromatic N) is 4. The van der Waals surface area contributed by atoms with Crippen LogP contribution in [0, 0.1) is 5.82 Å². The Morgan fingerprint density at radius 1 is 1.41 bits per heavy atom. The molecule has 0 saturated carbocycles. The molecule has 1 aliphatic rings. The molecule has 0 radical (unpaired) electrons. The van der Waals surface area contributed by atoms with E-state index in [9.17, 15) is 9.18 Å². The van der Waals surface area contributed by atoms with Gasteiger partial charge >= 0.3 is 0 Å². The van der Waals surface area contributed by atoms with Gasteiger partial charge < -0.3 is 10.2 Å². The monoisotopic (exact) mass is 325 g/mol. The molecule has 1 aliphatic heterocycles. The van der Waals surface area contributed by atoms with Crippen LogP contribution in [0.3, 0.4) is 0 Å². The highest BCUT2D eigenvalue weighted by Gasteiger charge is 2.25. The third-order valence-corrected chi connectivity index (χ3v) is 3.67. The predicted molar refractivity (Wildman–Crippen MR) is 81.9 cm³/mol. The summed E-state index contributed by atoms with van der Waals surface area (Å²) in [5, 5.41) is 11.5. The summed E-state index contributed by atoms with van der Waals surface area (Å²) in [6.45, 7) is 1.72.